The van der Waals surface area contributed by atoms with Gasteiger partial charge in [0.2, 0.25) is 0 Å². The van der Waals surface area contributed by atoms with Gasteiger partial charge in [0.1, 0.15) is 22.8 Å². The first-order valence-electron chi connectivity index (χ1n) is 15.6. The fourth-order valence-corrected chi connectivity index (χ4v) is 6.30. The second-order valence-electron chi connectivity index (χ2n) is 12.4. The molecule has 1 aromatic heterocycles. The zero-order valence-corrected chi connectivity index (χ0v) is 26.2. The molecule has 2 aliphatic rings. The number of allylic oxidation sites excluding steroid dienone is 1. The maximum Gasteiger partial charge on any atom is 0.342 e. The van der Waals surface area contributed by atoms with E-state index in [1.165, 1.54) is 7.11 Å². The van der Waals surface area contributed by atoms with Crippen LogP contribution in [-0.4, -0.2) is 35.5 Å². The molecular weight excluding hydrogens is 558 g/mol. The van der Waals surface area contributed by atoms with E-state index in [2.05, 4.69) is 13.8 Å². The first kappa shape index (κ1) is 31.2. The van der Waals surface area contributed by atoms with Crippen molar-refractivity contribution in [1.29, 1.82) is 0 Å². The number of cyclic esters (lactones) is 1. The van der Waals surface area contributed by atoms with Crippen molar-refractivity contribution in [2.75, 3.05) is 7.11 Å². The molecule has 0 aliphatic carbocycles. The number of benzene rings is 2. The zero-order chi connectivity index (χ0) is 31.5. The van der Waals surface area contributed by atoms with E-state index in [-0.39, 0.29) is 40.7 Å². The summed E-state index contributed by atoms with van der Waals surface area (Å²) in [4.78, 5) is 53.3. The Bertz CT molecular complexity index is 1700. The van der Waals surface area contributed by atoms with Crippen LogP contribution in [0.15, 0.2) is 41.2 Å². The lowest BCUT2D eigenvalue weighted by Gasteiger charge is -2.29. The molecule has 3 heterocycles. The molecule has 0 saturated heterocycles. The molecule has 232 valence electrons. The number of methoxy groups -OCH3 is 1. The predicted molar refractivity (Wildman–Crippen MR) is 169 cm³/mol. The van der Waals surface area contributed by atoms with Gasteiger partial charge in [-0.05, 0) is 80.7 Å². The van der Waals surface area contributed by atoms with Gasteiger partial charge in [-0.3, -0.25) is 14.4 Å². The molecule has 0 bridgehead atoms. The summed E-state index contributed by atoms with van der Waals surface area (Å²) in [6, 6.07) is 9.51. The lowest BCUT2D eigenvalue weighted by Crippen LogP contribution is -2.31. The number of ether oxygens (including phenoxy) is 3. The number of aryl methyl sites for hydroxylation is 1. The number of fused-ring (bicyclic) bond motifs is 3. The molecule has 44 heavy (non-hydrogen) atoms. The topological polar surface area (TPSA) is 101 Å². The molecule has 2 aromatic carbocycles. The SMILES string of the molecule is COc1c2c(cc3c1C(c1cc4cc(C)ccc4n(CC(C)C)c1=O)CC(=O)O3)/C=C/CCCC(=O)CCC[C@H](C)OC2=O. The van der Waals surface area contributed by atoms with Gasteiger partial charge < -0.3 is 18.8 Å². The summed E-state index contributed by atoms with van der Waals surface area (Å²) in [6.07, 6.45) is 6.69. The number of carbonyl (C=O) groups is 3. The van der Waals surface area contributed by atoms with Gasteiger partial charge in [0.05, 0.1) is 25.2 Å². The van der Waals surface area contributed by atoms with E-state index in [1.54, 1.807) is 16.7 Å². The van der Waals surface area contributed by atoms with Crippen molar-refractivity contribution in [3.05, 3.63) is 74.6 Å². The van der Waals surface area contributed by atoms with Crippen LogP contribution < -0.4 is 15.0 Å². The fourth-order valence-electron chi connectivity index (χ4n) is 6.30. The van der Waals surface area contributed by atoms with Crippen molar-refractivity contribution in [2.45, 2.75) is 91.2 Å². The van der Waals surface area contributed by atoms with Crippen LogP contribution in [0, 0.1) is 12.8 Å². The van der Waals surface area contributed by atoms with Gasteiger partial charge in [0.25, 0.3) is 5.56 Å². The Labute approximate surface area is 258 Å². The highest BCUT2D eigenvalue weighted by molar-refractivity contribution is 5.99. The van der Waals surface area contributed by atoms with Crippen LogP contribution in [0.3, 0.4) is 0 Å². The summed E-state index contributed by atoms with van der Waals surface area (Å²) >= 11 is 0. The van der Waals surface area contributed by atoms with Crippen LogP contribution in [0.1, 0.15) is 104 Å². The molecule has 0 saturated carbocycles. The number of carbonyl (C=O) groups excluding carboxylic acids is 3. The van der Waals surface area contributed by atoms with E-state index in [9.17, 15) is 19.2 Å². The van der Waals surface area contributed by atoms with Crippen molar-refractivity contribution in [3.63, 3.8) is 0 Å². The highest BCUT2D eigenvalue weighted by Gasteiger charge is 2.37. The monoisotopic (exact) mass is 599 g/mol. The lowest BCUT2D eigenvalue weighted by atomic mass is 9.83. The summed E-state index contributed by atoms with van der Waals surface area (Å²) in [5.74, 6) is -0.830. The van der Waals surface area contributed by atoms with Gasteiger partial charge in [-0.1, -0.05) is 37.6 Å². The highest BCUT2D eigenvalue weighted by atomic mass is 16.5. The van der Waals surface area contributed by atoms with Crippen LogP contribution in [-0.2, 0) is 20.9 Å². The molecular formula is C36H41NO7. The third-order valence-corrected chi connectivity index (χ3v) is 8.36. The van der Waals surface area contributed by atoms with Gasteiger partial charge in [-0.15, -0.1) is 0 Å². The Balaban J connectivity index is 1.73. The standard InChI is InChI=1S/C36H41NO7/c1-21(2)20-37-29-15-14-22(3)16-25(29)17-28(35(37)40)27-19-31(39)44-30-18-24-11-7-6-8-12-26(38)13-9-10-23(4)43-36(41)32(24)34(42-5)33(27)30/h7,11,14-18,21,23,27H,6,8-10,12-13,19-20H2,1-5H3/b11-7+/t23-,27?/m0/s1. The Hall–Kier alpha value is -4.20. The number of rotatable bonds is 4. The Kier molecular flexibility index (Phi) is 9.37. The summed E-state index contributed by atoms with van der Waals surface area (Å²) in [5.41, 5.74) is 3.34. The van der Waals surface area contributed by atoms with E-state index in [1.807, 2.05) is 44.2 Å². The van der Waals surface area contributed by atoms with Crippen molar-refractivity contribution < 1.29 is 28.6 Å². The van der Waals surface area contributed by atoms with Gasteiger partial charge >= 0.3 is 11.9 Å². The molecule has 2 atom stereocenters. The van der Waals surface area contributed by atoms with Crippen LogP contribution in [0.2, 0.25) is 0 Å². The van der Waals surface area contributed by atoms with Gasteiger partial charge in [0, 0.05) is 36.4 Å². The first-order valence-corrected chi connectivity index (χ1v) is 15.6. The van der Waals surface area contributed by atoms with Gasteiger partial charge in [-0.25, -0.2) is 4.79 Å². The van der Waals surface area contributed by atoms with E-state index in [0.717, 1.165) is 16.5 Å². The molecule has 0 N–H and O–H groups in total. The van der Waals surface area contributed by atoms with Crippen molar-refractivity contribution in [1.82, 2.24) is 4.57 Å². The minimum Gasteiger partial charge on any atom is -0.495 e. The molecule has 0 fully saturated rings. The maximum atomic E-state index is 14.2. The predicted octanol–water partition coefficient (Wildman–Crippen LogP) is 6.90. The van der Waals surface area contributed by atoms with E-state index < -0.39 is 24.0 Å². The van der Waals surface area contributed by atoms with E-state index in [4.69, 9.17) is 14.2 Å². The first-order chi connectivity index (χ1) is 21.1. The number of pyridine rings is 1. The minimum absolute atomic E-state index is 0.0777. The number of ketones is 1. The summed E-state index contributed by atoms with van der Waals surface area (Å²) in [7, 11) is 1.47. The third kappa shape index (κ3) is 6.49. The van der Waals surface area contributed by atoms with Gasteiger partial charge in [0.15, 0.2) is 0 Å². The Morgan fingerprint density at radius 3 is 2.57 bits per heavy atom. The van der Waals surface area contributed by atoms with Crippen LogP contribution >= 0.6 is 0 Å². The maximum absolute atomic E-state index is 14.2. The lowest BCUT2D eigenvalue weighted by molar-refractivity contribution is -0.135. The van der Waals surface area contributed by atoms with Crippen molar-refractivity contribution >= 4 is 34.7 Å². The highest BCUT2D eigenvalue weighted by Crippen LogP contribution is 2.47. The zero-order valence-electron chi connectivity index (χ0n) is 26.2. The second-order valence-corrected chi connectivity index (χ2v) is 12.4. The number of esters is 2. The molecule has 0 spiro atoms. The Morgan fingerprint density at radius 2 is 1.82 bits per heavy atom. The number of Topliss-reactive ketones (excluding diaryl/α,β-unsaturated/α-hetero) is 1. The number of nitrogens with zero attached hydrogens (tertiary/aromatic N) is 1. The second kappa shape index (κ2) is 13.2. The summed E-state index contributed by atoms with van der Waals surface area (Å²) in [6.45, 7) is 8.45. The molecule has 8 heteroatoms. The van der Waals surface area contributed by atoms with Gasteiger partial charge in [-0.2, -0.15) is 0 Å². The molecule has 1 unspecified atom stereocenters. The molecule has 0 radical (unpaired) electrons. The molecule has 8 nitrogen and oxygen atoms in total. The summed E-state index contributed by atoms with van der Waals surface area (Å²) in [5, 5.41) is 0.896. The number of hydrogen-bond acceptors (Lipinski definition) is 7. The smallest absolute Gasteiger partial charge is 0.342 e. The molecule has 5 rings (SSSR count). The number of hydrogen-bond donors (Lipinski definition) is 0. The molecule has 2 aliphatic heterocycles. The Morgan fingerprint density at radius 1 is 1.05 bits per heavy atom. The average Bonchev–Trinajstić information content (AvgIpc) is 2.96. The van der Waals surface area contributed by atoms with E-state index >= 15 is 0 Å². The normalized spacial score (nSPS) is 20.4. The van der Waals surface area contributed by atoms with Crippen LogP contribution in [0.4, 0.5) is 0 Å². The van der Waals surface area contributed by atoms with Crippen molar-refractivity contribution in [2.24, 2.45) is 5.92 Å². The summed E-state index contributed by atoms with van der Waals surface area (Å²) < 4.78 is 19.4. The average molecular weight is 600 g/mol. The third-order valence-electron chi connectivity index (χ3n) is 8.36. The van der Waals surface area contributed by atoms with E-state index in [0.29, 0.717) is 61.8 Å². The largest absolute Gasteiger partial charge is 0.495 e. The quantitative estimate of drug-likeness (QED) is 0.238. The fraction of sp³-hybridized carbons (Fsp3) is 0.444. The van der Waals surface area contributed by atoms with Crippen molar-refractivity contribution in [3.8, 4) is 11.5 Å². The number of aromatic nitrogens is 1. The molecule has 0 amide bonds. The minimum atomic E-state index is -0.698. The van der Waals surface area contributed by atoms with Crippen LogP contribution in [0.5, 0.6) is 11.5 Å². The molecule has 3 aromatic rings. The van der Waals surface area contributed by atoms with Crippen LogP contribution in [0.25, 0.3) is 17.0 Å².